The van der Waals surface area contributed by atoms with Gasteiger partial charge in [0.25, 0.3) is 5.91 Å². The van der Waals surface area contributed by atoms with Crippen molar-refractivity contribution in [1.82, 2.24) is 19.8 Å². The molecule has 1 saturated heterocycles. The molecule has 0 radical (unpaired) electrons. The fourth-order valence-corrected chi connectivity index (χ4v) is 6.58. The number of aromatic nitrogens is 2. The number of fused-ring (bicyclic) bond motifs is 3. The zero-order valence-corrected chi connectivity index (χ0v) is 23.4. The fourth-order valence-electron chi connectivity index (χ4n) is 6.58. The number of amides is 4. The standard InChI is InChI=1S/C32H28N6O5/c1-36(30(42)43)32(12-13-32)29(41)37-17-31(18-37)22-8-4-5-9-25(22)38(28(31)40)16-24-26(20-10-11-23(27(33)39)34-15-20)21-7-3-2-6-19(21)14-35-24/h2-11,14-15H,12-13,16-18H2,1H3,(H2,33,39)(H,42,43). The van der Waals surface area contributed by atoms with Crippen LogP contribution >= 0.6 is 0 Å². The largest absolute Gasteiger partial charge is 0.465 e. The lowest BCUT2D eigenvalue weighted by Gasteiger charge is -2.48. The second-order valence-corrected chi connectivity index (χ2v) is 11.5. The van der Waals surface area contributed by atoms with E-state index in [1.54, 1.807) is 34.3 Å². The molecule has 2 aromatic heterocycles. The Kier molecular flexibility index (Phi) is 5.78. The average molecular weight is 577 g/mol. The number of benzene rings is 2. The van der Waals surface area contributed by atoms with E-state index < -0.39 is 23.0 Å². The summed E-state index contributed by atoms with van der Waals surface area (Å²) in [5.74, 6) is -1.00. The third kappa shape index (κ3) is 3.88. The molecule has 3 N–H and O–H groups in total. The summed E-state index contributed by atoms with van der Waals surface area (Å²) in [5, 5.41) is 11.3. The van der Waals surface area contributed by atoms with Crippen LogP contribution in [0.15, 0.2) is 73.1 Å². The molecule has 11 heteroatoms. The third-order valence-electron chi connectivity index (χ3n) is 9.12. The number of carbonyl (C=O) groups is 4. The fraction of sp³-hybridized carbons (Fsp3) is 0.250. The smallest absolute Gasteiger partial charge is 0.407 e. The predicted octanol–water partition coefficient (Wildman–Crippen LogP) is 3.16. The minimum absolute atomic E-state index is 0.128. The van der Waals surface area contributed by atoms with Crippen LogP contribution in [0.3, 0.4) is 0 Å². The summed E-state index contributed by atoms with van der Waals surface area (Å²) in [6, 6.07) is 18.7. The lowest BCUT2D eigenvalue weighted by atomic mass is 9.74. The van der Waals surface area contributed by atoms with E-state index in [1.165, 1.54) is 7.05 Å². The molecule has 4 heterocycles. The van der Waals surface area contributed by atoms with Crippen molar-refractivity contribution in [1.29, 1.82) is 0 Å². The molecule has 2 aliphatic heterocycles. The molecule has 4 aromatic rings. The Morgan fingerprint density at radius 2 is 1.70 bits per heavy atom. The normalized spacial score (nSPS) is 17.5. The molecule has 1 aliphatic carbocycles. The first-order valence-electron chi connectivity index (χ1n) is 14.0. The van der Waals surface area contributed by atoms with E-state index >= 15 is 0 Å². The molecule has 7 rings (SSSR count). The lowest BCUT2D eigenvalue weighted by Crippen LogP contribution is -2.68. The van der Waals surface area contributed by atoms with Crippen LogP contribution < -0.4 is 10.6 Å². The highest BCUT2D eigenvalue weighted by Crippen LogP contribution is 2.51. The van der Waals surface area contributed by atoms with Crippen LogP contribution in [0.25, 0.3) is 21.9 Å². The van der Waals surface area contributed by atoms with Crippen molar-refractivity contribution in [2.45, 2.75) is 30.3 Å². The average Bonchev–Trinajstić information content (AvgIpc) is 3.77. The summed E-state index contributed by atoms with van der Waals surface area (Å²) in [7, 11) is 1.42. The summed E-state index contributed by atoms with van der Waals surface area (Å²) in [4.78, 5) is 64.4. The summed E-state index contributed by atoms with van der Waals surface area (Å²) >= 11 is 0. The van der Waals surface area contributed by atoms with Crippen LogP contribution in [0.5, 0.6) is 0 Å². The van der Waals surface area contributed by atoms with Gasteiger partial charge in [0.15, 0.2) is 0 Å². The Morgan fingerprint density at radius 3 is 2.37 bits per heavy atom. The number of hydrogen-bond donors (Lipinski definition) is 2. The molecule has 11 nitrogen and oxygen atoms in total. The molecule has 2 fully saturated rings. The van der Waals surface area contributed by atoms with Crippen molar-refractivity contribution in [3.8, 4) is 11.1 Å². The first-order chi connectivity index (χ1) is 20.7. The van der Waals surface area contributed by atoms with Crippen LogP contribution in [0.4, 0.5) is 10.5 Å². The number of carboxylic acid groups (broad SMARTS) is 1. The van der Waals surface area contributed by atoms with Gasteiger partial charge in [0.05, 0.1) is 12.2 Å². The number of likely N-dealkylation sites (tertiary alicyclic amines) is 1. The molecule has 2 aromatic carbocycles. The predicted molar refractivity (Wildman–Crippen MR) is 157 cm³/mol. The van der Waals surface area contributed by atoms with E-state index in [1.807, 2.05) is 48.5 Å². The number of likely N-dealkylation sites (N-methyl/N-ethyl adjacent to an activating group) is 1. The highest BCUT2D eigenvalue weighted by molar-refractivity contribution is 6.11. The van der Waals surface area contributed by atoms with Crippen molar-refractivity contribution < 1.29 is 24.3 Å². The topological polar surface area (TPSA) is 150 Å². The maximum atomic E-state index is 14.3. The molecule has 3 aliphatic rings. The molecule has 216 valence electrons. The van der Waals surface area contributed by atoms with Gasteiger partial charge in [-0.05, 0) is 35.9 Å². The number of rotatable bonds is 6. The quantitative estimate of drug-likeness (QED) is 0.358. The van der Waals surface area contributed by atoms with E-state index in [9.17, 15) is 24.3 Å². The van der Waals surface area contributed by atoms with Crippen molar-refractivity contribution in [2.75, 3.05) is 25.0 Å². The van der Waals surface area contributed by atoms with Crippen LogP contribution in [0.1, 0.15) is 34.6 Å². The first kappa shape index (κ1) is 26.6. The first-order valence-corrected chi connectivity index (χ1v) is 14.0. The number of hydrogen-bond acceptors (Lipinski definition) is 6. The van der Waals surface area contributed by atoms with Gasteiger partial charge in [-0.1, -0.05) is 48.5 Å². The van der Waals surface area contributed by atoms with Gasteiger partial charge in [-0.3, -0.25) is 29.3 Å². The molecule has 1 saturated carbocycles. The van der Waals surface area contributed by atoms with Gasteiger partial charge in [-0.25, -0.2) is 4.79 Å². The number of nitrogens with two attached hydrogens (primary N) is 1. The molecule has 1 spiro atoms. The summed E-state index contributed by atoms with van der Waals surface area (Å²) < 4.78 is 0. The molecular weight excluding hydrogens is 548 g/mol. The zero-order valence-electron chi connectivity index (χ0n) is 23.4. The van der Waals surface area contributed by atoms with E-state index in [0.717, 1.165) is 38.1 Å². The second-order valence-electron chi connectivity index (χ2n) is 11.5. The third-order valence-corrected chi connectivity index (χ3v) is 9.12. The van der Waals surface area contributed by atoms with Crippen molar-refractivity contribution in [2.24, 2.45) is 5.73 Å². The van der Waals surface area contributed by atoms with E-state index in [2.05, 4.69) is 4.98 Å². The molecule has 0 bridgehead atoms. The Bertz CT molecular complexity index is 1850. The number of pyridine rings is 2. The second kappa shape index (κ2) is 9.35. The molecule has 43 heavy (non-hydrogen) atoms. The van der Waals surface area contributed by atoms with Gasteiger partial charge >= 0.3 is 6.09 Å². The Labute approximate surface area is 246 Å². The number of carbonyl (C=O) groups excluding carboxylic acids is 3. The van der Waals surface area contributed by atoms with E-state index in [-0.39, 0.29) is 37.1 Å². The minimum Gasteiger partial charge on any atom is -0.465 e. The van der Waals surface area contributed by atoms with Gasteiger partial charge in [0.2, 0.25) is 11.8 Å². The number of nitrogens with zero attached hydrogens (tertiary/aromatic N) is 5. The SMILES string of the molecule is CN(C(=O)O)C1(C(=O)N2CC3(C2)C(=O)N(Cc2ncc4ccccc4c2-c2ccc(C(N)=O)nc2)c2ccccc23)CC1. The molecular formula is C32H28N6O5. The summed E-state index contributed by atoms with van der Waals surface area (Å²) in [6.45, 7) is 0.544. The maximum absolute atomic E-state index is 14.3. The minimum atomic E-state index is -1.15. The lowest BCUT2D eigenvalue weighted by molar-refractivity contribution is -0.149. The van der Waals surface area contributed by atoms with Crippen LogP contribution in [-0.2, 0) is 21.5 Å². The Balaban J connectivity index is 1.24. The number of primary amides is 1. The van der Waals surface area contributed by atoms with Gasteiger partial charge < -0.3 is 20.6 Å². The highest BCUT2D eigenvalue weighted by Gasteiger charge is 2.64. The molecule has 0 unspecified atom stereocenters. The highest BCUT2D eigenvalue weighted by atomic mass is 16.4. The Morgan fingerprint density at radius 1 is 0.977 bits per heavy atom. The van der Waals surface area contributed by atoms with Gasteiger partial charge in [-0.15, -0.1) is 0 Å². The monoisotopic (exact) mass is 576 g/mol. The summed E-state index contributed by atoms with van der Waals surface area (Å²) in [5.41, 5.74) is 7.38. The number of anilines is 1. The zero-order chi connectivity index (χ0) is 30.1. The van der Waals surface area contributed by atoms with E-state index in [0.29, 0.717) is 18.5 Å². The maximum Gasteiger partial charge on any atom is 0.407 e. The molecule has 0 atom stereocenters. The summed E-state index contributed by atoms with van der Waals surface area (Å²) in [6.07, 6.45) is 3.17. The van der Waals surface area contributed by atoms with Crippen molar-refractivity contribution in [3.05, 3.63) is 90.0 Å². The van der Waals surface area contributed by atoms with Crippen LogP contribution in [-0.4, -0.2) is 74.4 Å². The van der Waals surface area contributed by atoms with Gasteiger partial charge in [0.1, 0.15) is 16.6 Å². The Hall–Kier alpha value is -5.32. The van der Waals surface area contributed by atoms with Crippen LogP contribution in [0.2, 0.25) is 0 Å². The van der Waals surface area contributed by atoms with Gasteiger partial charge in [-0.2, -0.15) is 0 Å². The van der Waals surface area contributed by atoms with Crippen LogP contribution in [0, 0.1) is 0 Å². The number of para-hydroxylation sites is 1. The molecule has 4 amide bonds. The van der Waals surface area contributed by atoms with Crippen molar-refractivity contribution in [3.63, 3.8) is 0 Å². The van der Waals surface area contributed by atoms with Crippen molar-refractivity contribution >= 4 is 40.3 Å². The van der Waals surface area contributed by atoms with Gasteiger partial charge in [0, 0.05) is 54.7 Å². The van der Waals surface area contributed by atoms with E-state index in [4.69, 9.17) is 10.7 Å².